The van der Waals surface area contributed by atoms with Gasteiger partial charge < -0.3 is 10.3 Å². The Bertz CT molecular complexity index is 393. The Balaban J connectivity index is 1.86. The van der Waals surface area contributed by atoms with Crippen LogP contribution in [0.2, 0.25) is 0 Å². The van der Waals surface area contributed by atoms with E-state index in [1.807, 2.05) is 6.07 Å². The molecule has 84 valence electrons. The number of piperidine rings is 1. The van der Waals surface area contributed by atoms with E-state index in [1.54, 1.807) is 0 Å². The van der Waals surface area contributed by atoms with E-state index in [0.717, 1.165) is 24.5 Å². The molecular weight excluding hydrogens is 218 g/mol. The van der Waals surface area contributed by atoms with E-state index in [9.17, 15) is 0 Å². The van der Waals surface area contributed by atoms with E-state index in [2.05, 4.69) is 40.0 Å². The molecule has 16 heavy (non-hydrogen) atoms. The van der Waals surface area contributed by atoms with Crippen LogP contribution in [0.4, 0.5) is 5.69 Å². The molecule has 0 aliphatic carbocycles. The lowest BCUT2D eigenvalue weighted by molar-refractivity contribution is 0.507. The topological polar surface area (TPSA) is 27.3 Å². The maximum absolute atomic E-state index is 5.37. The second-order valence-corrected chi connectivity index (χ2v) is 4.76. The molecule has 2 atom stereocenters. The van der Waals surface area contributed by atoms with Crippen LogP contribution in [0, 0.1) is 5.92 Å². The van der Waals surface area contributed by atoms with Gasteiger partial charge in [-0.15, -0.1) is 0 Å². The number of hydrogen-bond donors (Lipinski definition) is 2. The van der Waals surface area contributed by atoms with Gasteiger partial charge in [-0.2, -0.15) is 0 Å². The molecule has 2 aliphatic heterocycles. The summed E-state index contributed by atoms with van der Waals surface area (Å²) in [6.07, 6.45) is 1.15. The van der Waals surface area contributed by atoms with E-state index in [4.69, 9.17) is 12.2 Å². The summed E-state index contributed by atoms with van der Waals surface area (Å²) in [7, 11) is 0. The molecule has 3 rings (SSSR count). The van der Waals surface area contributed by atoms with Crippen LogP contribution < -0.4 is 15.8 Å². The van der Waals surface area contributed by atoms with Gasteiger partial charge in [0, 0.05) is 19.0 Å². The third kappa shape index (κ3) is 1.58. The first-order valence-electron chi connectivity index (χ1n) is 5.72. The lowest BCUT2D eigenvalue weighted by Crippen LogP contribution is -2.47. The highest BCUT2D eigenvalue weighted by atomic mass is 32.1. The number of benzene rings is 1. The number of nitrogens with zero attached hydrogens (tertiary/aromatic N) is 1. The van der Waals surface area contributed by atoms with Crippen LogP contribution in [-0.2, 0) is 0 Å². The highest BCUT2D eigenvalue weighted by Crippen LogP contribution is 2.28. The molecule has 2 saturated heterocycles. The SMILES string of the molecule is S=C1NCCC2C1CNN2c1ccccc1. The van der Waals surface area contributed by atoms with E-state index in [-0.39, 0.29) is 0 Å². The number of hydrogen-bond acceptors (Lipinski definition) is 3. The predicted molar refractivity (Wildman–Crippen MR) is 69.4 cm³/mol. The molecule has 2 fully saturated rings. The fourth-order valence-electron chi connectivity index (χ4n) is 2.57. The lowest BCUT2D eigenvalue weighted by atomic mass is 9.94. The fraction of sp³-hybridized carbons (Fsp3) is 0.417. The number of para-hydroxylation sites is 1. The zero-order valence-electron chi connectivity index (χ0n) is 9.02. The zero-order valence-corrected chi connectivity index (χ0v) is 9.83. The highest BCUT2D eigenvalue weighted by molar-refractivity contribution is 7.80. The first-order chi connectivity index (χ1) is 7.86. The third-order valence-corrected chi connectivity index (χ3v) is 3.84. The Labute approximate surface area is 101 Å². The number of hydrazine groups is 1. The molecule has 4 heteroatoms. The molecule has 1 aromatic rings. The van der Waals surface area contributed by atoms with E-state index in [1.165, 1.54) is 5.69 Å². The van der Waals surface area contributed by atoms with Crippen molar-refractivity contribution in [3.8, 4) is 0 Å². The van der Waals surface area contributed by atoms with Crippen molar-refractivity contribution in [2.45, 2.75) is 12.5 Å². The molecule has 3 nitrogen and oxygen atoms in total. The second kappa shape index (κ2) is 4.03. The normalized spacial score (nSPS) is 28.8. The molecule has 2 heterocycles. The van der Waals surface area contributed by atoms with E-state index >= 15 is 0 Å². The first kappa shape index (κ1) is 10.1. The first-order valence-corrected chi connectivity index (χ1v) is 6.12. The summed E-state index contributed by atoms with van der Waals surface area (Å²) in [6.45, 7) is 1.94. The quantitative estimate of drug-likeness (QED) is 0.715. The number of fused-ring (bicyclic) bond motifs is 1. The Kier molecular flexibility index (Phi) is 2.53. The predicted octanol–water partition coefficient (Wildman–Crippen LogP) is 1.32. The van der Waals surface area contributed by atoms with Gasteiger partial charge in [-0.25, -0.2) is 5.43 Å². The average Bonchev–Trinajstić information content (AvgIpc) is 2.75. The van der Waals surface area contributed by atoms with Gasteiger partial charge in [0.1, 0.15) is 0 Å². The van der Waals surface area contributed by atoms with Crippen molar-refractivity contribution in [1.82, 2.24) is 10.7 Å². The smallest absolute Gasteiger partial charge is 0.0819 e. The van der Waals surface area contributed by atoms with Crippen molar-refractivity contribution in [3.05, 3.63) is 30.3 Å². The van der Waals surface area contributed by atoms with Crippen LogP contribution in [0.5, 0.6) is 0 Å². The molecule has 0 radical (unpaired) electrons. The molecule has 0 amide bonds. The molecule has 1 aromatic carbocycles. The highest BCUT2D eigenvalue weighted by Gasteiger charge is 2.38. The lowest BCUT2D eigenvalue weighted by Gasteiger charge is -2.32. The van der Waals surface area contributed by atoms with Gasteiger partial charge >= 0.3 is 0 Å². The Morgan fingerprint density at radius 3 is 2.88 bits per heavy atom. The van der Waals surface area contributed by atoms with Crippen molar-refractivity contribution in [2.24, 2.45) is 5.92 Å². The Morgan fingerprint density at radius 2 is 2.06 bits per heavy atom. The van der Waals surface area contributed by atoms with E-state index in [0.29, 0.717) is 12.0 Å². The number of thiocarbonyl (C=S) groups is 1. The fourth-order valence-corrected chi connectivity index (χ4v) is 2.92. The number of nitrogens with one attached hydrogen (secondary N) is 2. The summed E-state index contributed by atoms with van der Waals surface area (Å²) in [5.41, 5.74) is 4.69. The molecule has 2 aliphatic rings. The minimum Gasteiger partial charge on any atom is -0.379 e. The summed E-state index contributed by atoms with van der Waals surface area (Å²) >= 11 is 5.37. The third-order valence-electron chi connectivity index (χ3n) is 3.39. The van der Waals surface area contributed by atoms with Crippen molar-refractivity contribution < 1.29 is 0 Å². The zero-order chi connectivity index (χ0) is 11.0. The summed E-state index contributed by atoms with van der Waals surface area (Å²) in [6, 6.07) is 11.0. The van der Waals surface area contributed by atoms with Crippen LogP contribution in [0.25, 0.3) is 0 Å². The van der Waals surface area contributed by atoms with Crippen molar-refractivity contribution in [1.29, 1.82) is 0 Å². The van der Waals surface area contributed by atoms with Gasteiger partial charge in [-0.3, -0.25) is 0 Å². The monoisotopic (exact) mass is 233 g/mol. The Hall–Kier alpha value is -1.13. The van der Waals surface area contributed by atoms with Gasteiger partial charge in [-0.1, -0.05) is 30.4 Å². The van der Waals surface area contributed by atoms with Gasteiger partial charge in [0.15, 0.2) is 0 Å². The summed E-state index contributed by atoms with van der Waals surface area (Å²) in [5.74, 6) is 0.462. The van der Waals surface area contributed by atoms with Gasteiger partial charge in [0.05, 0.1) is 16.7 Å². The van der Waals surface area contributed by atoms with Crippen molar-refractivity contribution >= 4 is 22.9 Å². The van der Waals surface area contributed by atoms with Crippen LogP contribution in [0.15, 0.2) is 30.3 Å². The Morgan fingerprint density at radius 1 is 1.25 bits per heavy atom. The average molecular weight is 233 g/mol. The van der Waals surface area contributed by atoms with Crippen LogP contribution >= 0.6 is 12.2 Å². The van der Waals surface area contributed by atoms with Crippen LogP contribution in [0.3, 0.4) is 0 Å². The molecule has 0 bridgehead atoms. The van der Waals surface area contributed by atoms with Gasteiger partial charge in [0.2, 0.25) is 0 Å². The maximum Gasteiger partial charge on any atom is 0.0819 e. The van der Waals surface area contributed by atoms with Crippen molar-refractivity contribution in [2.75, 3.05) is 18.1 Å². The molecule has 2 N–H and O–H groups in total. The number of anilines is 1. The molecule has 0 saturated carbocycles. The molecule has 0 aromatic heterocycles. The minimum absolute atomic E-state index is 0.462. The van der Waals surface area contributed by atoms with Crippen molar-refractivity contribution in [3.63, 3.8) is 0 Å². The minimum atomic E-state index is 0.462. The molecule has 0 spiro atoms. The van der Waals surface area contributed by atoms with Gasteiger partial charge in [-0.05, 0) is 18.6 Å². The number of rotatable bonds is 1. The summed E-state index contributed by atoms with van der Waals surface area (Å²) < 4.78 is 0. The van der Waals surface area contributed by atoms with Crippen LogP contribution in [0.1, 0.15) is 6.42 Å². The molecular formula is C12H15N3S. The van der Waals surface area contributed by atoms with Crippen LogP contribution in [-0.4, -0.2) is 24.1 Å². The van der Waals surface area contributed by atoms with E-state index < -0.39 is 0 Å². The second-order valence-electron chi connectivity index (χ2n) is 4.32. The largest absolute Gasteiger partial charge is 0.379 e. The maximum atomic E-state index is 5.37. The van der Waals surface area contributed by atoms with Gasteiger partial charge in [0.25, 0.3) is 0 Å². The molecule has 2 unspecified atom stereocenters. The summed E-state index contributed by atoms with van der Waals surface area (Å²) in [4.78, 5) is 1.02. The standard InChI is InChI=1S/C12H15N3S/c16-12-10-8-14-15(11(10)6-7-13-12)9-4-2-1-3-5-9/h1-5,10-11,14H,6-8H2,(H,13,16). The summed E-state index contributed by atoms with van der Waals surface area (Å²) in [5, 5.41) is 5.57.